The summed E-state index contributed by atoms with van der Waals surface area (Å²) in [5.41, 5.74) is 8.80. The van der Waals surface area contributed by atoms with Crippen molar-refractivity contribution in [1.82, 2.24) is 4.98 Å². The molecule has 0 aliphatic heterocycles. The summed E-state index contributed by atoms with van der Waals surface area (Å²) in [6.07, 6.45) is 4.76. The van der Waals surface area contributed by atoms with Gasteiger partial charge in [-0.1, -0.05) is 35.4 Å². The number of rotatable bonds is 6. The van der Waals surface area contributed by atoms with Gasteiger partial charge in [0.15, 0.2) is 12.9 Å². The monoisotopic (exact) mass is 270 g/mol. The molecule has 7 heteroatoms. The molecule has 0 atom stereocenters. The Balaban J connectivity index is 2.04. The van der Waals surface area contributed by atoms with Gasteiger partial charge in [0, 0.05) is 10.5 Å². The number of ketones is 1. The summed E-state index contributed by atoms with van der Waals surface area (Å²) in [5.74, 6) is 0.281. The maximum Gasteiger partial charge on any atom is 0.280 e. The molecule has 0 radical (unpaired) electrons. The lowest BCUT2D eigenvalue weighted by Crippen LogP contribution is -2.37. The highest BCUT2D eigenvalue weighted by molar-refractivity contribution is 5.94. The maximum absolute atomic E-state index is 12.0. The quantitative estimate of drug-likeness (QED) is 0.264. The molecule has 2 rings (SSSR count). The summed E-state index contributed by atoms with van der Waals surface area (Å²) in [4.78, 5) is 18.6. The Morgan fingerprint density at radius 3 is 2.95 bits per heavy atom. The number of ether oxygens (including phenoxy) is 1. The number of carbonyl (C=O) groups excluding carboxylic acids is 1. The van der Waals surface area contributed by atoms with E-state index in [9.17, 15) is 4.79 Å². The molecule has 1 aromatic heterocycles. The molecule has 20 heavy (non-hydrogen) atoms. The Morgan fingerprint density at radius 1 is 1.40 bits per heavy atom. The minimum absolute atomic E-state index is 0.0113. The first-order chi connectivity index (χ1) is 9.79. The minimum atomic E-state index is -0.139. The molecule has 0 unspecified atom stereocenters. The molecule has 1 heterocycles. The van der Waals surface area contributed by atoms with E-state index in [0.717, 1.165) is 0 Å². The van der Waals surface area contributed by atoms with Gasteiger partial charge in [0.05, 0.1) is 6.20 Å². The van der Waals surface area contributed by atoms with Crippen LogP contribution >= 0.6 is 0 Å². The molecule has 0 saturated carbocycles. The van der Waals surface area contributed by atoms with Gasteiger partial charge >= 0.3 is 0 Å². The number of benzene rings is 1. The lowest BCUT2D eigenvalue weighted by atomic mass is 10.1. The molecule has 100 valence electrons. The van der Waals surface area contributed by atoms with Crippen LogP contribution in [0.2, 0.25) is 0 Å². The van der Waals surface area contributed by atoms with Gasteiger partial charge in [0.25, 0.3) is 5.88 Å². The van der Waals surface area contributed by atoms with Gasteiger partial charge in [-0.05, 0) is 5.53 Å². The van der Waals surface area contributed by atoms with E-state index in [1.54, 1.807) is 29.1 Å². The number of hydrogen-bond donors (Lipinski definition) is 0. The van der Waals surface area contributed by atoms with Crippen LogP contribution in [-0.4, -0.2) is 17.5 Å². The molecule has 0 amide bonds. The number of Topliss-reactive ketones (excluding diaryl/α,β-unsaturated/α-hetero) is 1. The molecule has 0 aliphatic carbocycles. The van der Waals surface area contributed by atoms with E-state index >= 15 is 0 Å². The van der Waals surface area contributed by atoms with Crippen LogP contribution in [0.15, 0.2) is 54.0 Å². The van der Waals surface area contributed by atoms with E-state index in [1.165, 1.54) is 6.20 Å². The second kappa shape index (κ2) is 6.86. The first kappa shape index (κ1) is 13.5. The summed E-state index contributed by atoms with van der Waals surface area (Å²) in [5, 5.41) is 3.25. The fourth-order valence-corrected chi connectivity index (χ4v) is 1.59. The Morgan fingerprint density at radius 2 is 2.20 bits per heavy atom. The van der Waals surface area contributed by atoms with E-state index in [1.807, 2.05) is 18.2 Å². The molecule has 0 aliphatic rings. The zero-order valence-corrected chi connectivity index (χ0v) is 10.6. The zero-order valence-electron chi connectivity index (χ0n) is 10.6. The van der Waals surface area contributed by atoms with Crippen LogP contribution in [0.1, 0.15) is 10.4 Å². The molecular formula is C13H12N5O2+. The van der Waals surface area contributed by atoms with Crippen LogP contribution in [0.25, 0.3) is 10.4 Å². The van der Waals surface area contributed by atoms with Gasteiger partial charge in [-0.2, -0.15) is 4.57 Å². The Kier molecular flexibility index (Phi) is 4.64. The number of hydrogen-bond acceptors (Lipinski definition) is 4. The van der Waals surface area contributed by atoms with Gasteiger partial charge in [0.2, 0.25) is 18.5 Å². The molecule has 7 nitrogen and oxygen atoms in total. The fraction of sp³-hybridized carbons (Fsp3) is 0.154. The number of nitrogens with zero attached hydrogens (tertiary/aromatic N) is 5. The fourth-order valence-electron chi connectivity index (χ4n) is 1.59. The first-order valence-corrected chi connectivity index (χ1v) is 5.86. The van der Waals surface area contributed by atoms with Crippen molar-refractivity contribution in [3.8, 4) is 5.88 Å². The maximum atomic E-state index is 12.0. The molecule has 0 spiro atoms. The van der Waals surface area contributed by atoms with Crippen molar-refractivity contribution in [2.24, 2.45) is 5.11 Å². The van der Waals surface area contributed by atoms with Gasteiger partial charge in [-0.25, -0.2) is 4.98 Å². The average molecular weight is 270 g/mol. The standard InChI is InChI=1S/C13H12N5O2/c14-17-16-10-20-13-9-18(7-6-15-13)8-12(19)11-4-2-1-3-5-11/h1-7,9H,8,10H2/q+1. The number of carbonyl (C=O) groups is 1. The molecule has 2 aromatic rings. The molecule has 0 fully saturated rings. The number of azide groups is 1. The summed E-state index contributed by atoms with van der Waals surface area (Å²) in [6, 6.07) is 9.03. The third-order valence-corrected chi connectivity index (χ3v) is 2.49. The Bertz CT molecular complexity index is 638. The van der Waals surface area contributed by atoms with Crippen LogP contribution in [0, 0.1) is 0 Å². The molecular weight excluding hydrogens is 258 g/mol. The van der Waals surface area contributed by atoms with Gasteiger partial charge in [-0.3, -0.25) is 4.79 Å². The normalized spacial score (nSPS) is 9.60. The highest BCUT2D eigenvalue weighted by Gasteiger charge is 2.12. The molecule has 0 N–H and O–H groups in total. The average Bonchev–Trinajstić information content (AvgIpc) is 2.49. The second-order valence-electron chi connectivity index (χ2n) is 3.86. The van der Waals surface area contributed by atoms with Gasteiger partial charge < -0.3 is 4.74 Å². The first-order valence-electron chi connectivity index (χ1n) is 5.86. The van der Waals surface area contributed by atoms with Crippen LogP contribution in [0.4, 0.5) is 0 Å². The highest BCUT2D eigenvalue weighted by atomic mass is 16.5. The van der Waals surface area contributed by atoms with E-state index in [4.69, 9.17) is 10.3 Å². The Hall–Kier alpha value is -2.92. The summed E-state index contributed by atoms with van der Waals surface area (Å²) in [7, 11) is 0. The van der Waals surface area contributed by atoms with Crippen molar-refractivity contribution < 1.29 is 14.1 Å². The lowest BCUT2D eigenvalue weighted by molar-refractivity contribution is -0.684. The van der Waals surface area contributed by atoms with Crippen molar-refractivity contribution in [1.29, 1.82) is 0 Å². The van der Waals surface area contributed by atoms with Gasteiger partial charge in [0.1, 0.15) is 0 Å². The SMILES string of the molecule is [N-]=[N+]=NCOc1c[n+](CC(=O)c2ccccc2)ccn1. The van der Waals surface area contributed by atoms with E-state index in [0.29, 0.717) is 11.4 Å². The van der Waals surface area contributed by atoms with Crippen molar-refractivity contribution in [2.45, 2.75) is 6.54 Å². The van der Waals surface area contributed by atoms with E-state index in [-0.39, 0.29) is 19.1 Å². The van der Waals surface area contributed by atoms with Crippen LogP contribution < -0.4 is 9.30 Å². The largest absolute Gasteiger partial charge is 0.467 e. The summed E-state index contributed by atoms with van der Waals surface area (Å²) >= 11 is 0. The van der Waals surface area contributed by atoms with Crippen LogP contribution in [0.3, 0.4) is 0 Å². The third kappa shape index (κ3) is 3.79. The molecule has 1 aromatic carbocycles. The molecule has 0 saturated heterocycles. The van der Waals surface area contributed by atoms with E-state index < -0.39 is 0 Å². The third-order valence-electron chi connectivity index (χ3n) is 2.49. The van der Waals surface area contributed by atoms with Crippen molar-refractivity contribution >= 4 is 5.78 Å². The minimum Gasteiger partial charge on any atom is -0.467 e. The highest BCUT2D eigenvalue weighted by Crippen LogP contribution is 2.02. The zero-order chi connectivity index (χ0) is 14.2. The number of aromatic nitrogens is 2. The predicted molar refractivity (Wildman–Crippen MR) is 69.8 cm³/mol. The van der Waals surface area contributed by atoms with Crippen molar-refractivity contribution in [3.05, 3.63) is 64.9 Å². The van der Waals surface area contributed by atoms with Crippen molar-refractivity contribution in [2.75, 3.05) is 6.73 Å². The van der Waals surface area contributed by atoms with E-state index in [2.05, 4.69) is 15.0 Å². The summed E-state index contributed by atoms with van der Waals surface area (Å²) < 4.78 is 6.77. The predicted octanol–water partition coefficient (Wildman–Crippen LogP) is 1.90. The van der Waals surface area contributed by atoms with Crippen LogP contribution in [-0.2, 0) is 6.54 Å². The smallest absolute Gasteiger partial charge is 0.280 e. The second-order valence-corrected chi connectivity index (χ2v) is 3.86. The molecule has 0 bridgehead atoms. The lowest BCUT2D eigenvalue weighted by Gasteiger charge is -2.00. The Labute approximate surface area is 115 Å². The van der Waals surface area contributed by atoms with Gasteiger partial charge in [-0.15, -0.1) is 0 Å². The summed E-state index contributed by atoms with van der Waals surface area (Å²) in [6.45, 7) is 0.0462. The van der Waals surface area contributed by atoms with Crippen LogP contribution in [0.5, 0.6) is 5.88 Å². The van der Waals surface area contributed by atoms with Crippen molar-refractivity contribution in [3.63, 3.8) is 0 Å². The topological polar surface area (TPSA) is 91.8 Å².